The van der Waals surface area contributed by atoms with Gasteiger partial charge in [0, 0.05) is 12.2 Å². The number of ether oxygens (including phenoxy) is 1. The number of aliphatic carboxylic acids is 1. The predicted octanol–water partition coefficient (Wildman–Crippen LogP) is -0.458. The van der Waals surface area contributed by atoms with Gasteiger partial charge in [-0.1, -0.05) is 0 Å². The molecule has 0 saturated heterocycles. The Morgan fingerprint density at radius 2 is 2.00 bits per heavy atom. The molecule has 0 aliphatic heterocycles. The summed E-state index contributed by atoms with van der Waals surface area (Å²) in [5.74, 6) is -1.79. The second kappa shape index (κ2) is 7.78. The average Bonchev–Trinajstić information content (AvgIpc) is 1.85. The van der Waals surface area contributed by atoms with Crippen LogP contribution in [-0.4, -0.2) is 53.2 Å². The van der Waals surface area contributed by atoms with Crippen LogP contribution in [0.3, 0.4) is 0 Å². The molecule has 0 aliphatic carbocycles. The molecule has 0 radical (unpaired) electrons. The minimum absolute atomic E-state index is 0. The normalized spacial score (nSPS) is 8.82. The maximum absolute atomic E-state index is 10.4. The van der Waals surface area contributed by atoms with E-state index in [0.717, 1.165) is 12.2 Å². The first-order chi connectivity index (χ1) is 4.66. The fraction of sp³-hybridized carbons (Fsp3) is 0.333. The van der Waals surface area contributed by atoms with Gasteiger partial charge in [-0.25, -0.2) is 9.59 Å². The van der Waals surface area contributed by atoms with Gasteiger partial charge in [0.25, 0.3) is 0 Å². The quantitative estimate of drug-likeness (QED) is 0.352. The number of hydrogen-bond donors (Lipinski definition) is 1. The Morgan fingerprint density at radius 3 is 2.36 bits per heavy atom. The van der Waals surface area contributed by atoms with Crippen molar-refractivity contribution in [3.8, 4) is 0 Å². The summed E-state index contributed by atoms with van der Waals surface area (Å²) in [6.07, 6.45) is 1.60. The number of carboxylic acid groups (broad SMARTS) is 1. The van der Waals surface area contributed by atoms with Gasteiger partial charge in [0.1, 0.15) is 0 Å². The maximum atomic E-state index is 10.4. The monoisotopic (exact) mass is 168 g/mol. The fourth-order valence-corrected chi connectivity index (χ4v) is 0.330. The number of carbonyl (C=O) groups excluding carboxylic acids is 1. The number of rotatable bonds is 3. The van der Waals surface area contributed by atoms with E-state index >= 15 is 0 Å². The summed E-state index contributed by atoms with van der Waals surface area (Å²) >= 11 is 0. The molecule has 11 heavy (non-hydrogen) atoms. The van der Waals surface area contributed by atoms with Crippen LogP contribution < -0.4 is 0 Å². The van der Waals surface area contributed by atoms with Crippen LogP contribution in [0.4, 0.5) is 0 Å². The van der Waals surface area contributed by atoms with Gasteiger partial charge < -0.3 is 9.84 Å². The molecular weight excluding hydrogens is 159 g/mol. The van der Waals surface area contributed by atoms with Gasteiger partial charge in [-0.2, -0.15) is 0 Å². The van der Waals surface area contributed by atoms with Gasteiger partial charge in [0.2, 0.25) is 0 Å². The van der Waals surface area contributed by atoms with Crippen molar-refractivity contribution in [2.75, 3.05) is 6.61 Å². The SMILES string of the molecule is CCOC(=O)/C=C\C(=O)O.[NaH]. The molecule has 0 atom stereocenters. The van der Waals surface area contributed by atoms with Crippen LogP contribution in [0.5, 0.6) is 0 Å². The van der Waals surface area contributed by atoms with Crippen molar-refractivity contribution < 1.29 is 19.4 Å². The van der Waals surface area contributed by atoms with Crippen molar-refractivity contribution in [3.05, 3.63) is 12.2 Å². The van der Waals surface area contributed by atoms with Crippen LogP contribution in [0.25, 0.3) is 0 Å². The van der Waals surface area contributed by atoms with Crippen LogP contribution in [0.2, 0.25) is 0 Å². The first-order valence-corrected chi connectivity index (χ1v) is 2.74. The van der Waals surface area contributed by atoms with Gasteiger partial charge in [-0.15, -0.1) is 0 Å². The average molecular weight is 168 g/mol. The topological polar surface area (TPSA) is 63.6 Å². The Labute approximate surface area is 86.5 Å². The van der Waals surface area contributed by atoms with Gasteiger partial charge in [-0.05, 0) is 6.92 Å². The van der Waals surface area contributed by atoms with E-state index in [1.165, 1.54) is 0 Å². The number of carboxylic acids is 1. The Balaban J connectivity index is 0. The van der Waals surface area contributed by atoms with E-state index in [1.807, 2.05) is 0 Å². The molecule has 0 unspecified atom stereocenters. The Hall–Kier alpha value is -0.320. The van der Waals surface area contributed by atoms with E-state index in [-0.39, 0.29) is 36.2 Å². The molecule has 0 heterocycles. The molecule has 0 amide bonds. The summed E-state index contributed by atoms with van der Waals surface area (Å²) in [6.45, 7) is 1.90. The third-order valence-corrected chi connectivity index (χ3v) is 0.649. The first-order valence-electron chi connectivity index (χ1n) is 2.74. The molecule has 4 nitrogen and oxygen atoms in total. The summed E-state index contributed by atoms with van der Waals surface area (Å²) in [5, 5.41) is 8.04. The molecule has 0 aromatic rings. The van der Waals surface area contributed by atoms with Gasteiger partial charge in [0.15, 0.2) is 0 Å². The van der Waals surface area contributed by atoms with E-state index in [9.17, 15) is 9.59 Å². The molecule has 0 saturated carbocycles. The first kappa shape index (κ1) is 13.3. The van der Waals surface area contributed by atoms with Crippen molar-refractivity contribution in [2.45, 2.75) is 6.92 Å². The van der Waals surface area contributed by atoms with Crippen molar-refractivity contribution in [1.82, 2.24) is 0 Å². The van der Waals surface area contributed by atoms with Crippen molar-refractivity contribution in [1.29, 1.82) is 0 Å². The molecule has 0 aromatic carbocycles. The van der Waals surface area contributed by atoms with Gasteiger partial charge in [0.05, 0.1) is 6.61 Å². The zero-order chi connectivity index (χ0) is 7.98. The van der Waals surface area contributed by atoms with Crippen molar-refractivity contribution >= 4 is 41.5 Å². The molecule has 58 valence electrons. The Kier molecular flexibility index (Phi) is 9.40. The molecule has 0 fully saturated rings. The van der Waals surface area contributed by atoms with E-state index in [1.54, 1.807) is 6.92 Å². The fourth-order valence-electron chi connectivity index (χ4n) is 0.330. The summed E-state index contributed by atoms with van der Waals surface area (Å²) in [5.41, 5.74) is 0. The Bertz CT molecular complexity index is 164. The van der Waals surface area contributed by atoms with Crippen LogP contribution in [-0.2, 0) is 14.3 Å². The summed E-state index contributed by atoms with van der Waals surface area (Å²) < 4.78 is 4.40. The molecular formula is C6H9NaO4. The molecule has 0 rings (SSSR count). The predicted molar refractivity (Wildman–Crippen MR) is 40.6 cm³/mol. The van der Waals surface area contributed by atoms with E-state index < -0.39 is 11.9 Å². The van der Waals surface area contributed by atoms with E-state index in [2.05, 4.69) is 4.74 Å². The molecule has 0 aromatic heterocycles. The summed E-state index contributed by atoms with van der Waals surface area (Å²) in [7, 11) is 0. The molecule has 0 bridgehead atoms. The van der Waals surface area contributed by atoms with E-state index in [4.69, 9.17) is 5.11 Å². The number of hydrogen-bond acceptors (Lipinski definition) is 3. The third-order valence-electron chi connectivity index (χ3n) is 0.649. The van der Waals surface area contributed by atoms with Crippen LogP contribution in [0.1, 0.15) is 6.92 Å². The summed E-state index contributed by atoms with van der Waals surface area (Å²) in [6, 6.07) is 0. The second-order valence-electron chi connectivity index (χ2n) is 1.42. The zero-order valence-corrected chi connectivity index (χ0v) is 5.53. The van der Waals surface area contributed by atoms with Crippen LogP contribution >= 0.6 is 0 Å². The molecule has 0 spiro atoms. The van der Waals surface area contributed by atoms with Gasteiger partial charge in [-0.3, -0.25) is 0 Å². The number of esters is 1. The van der Waals surface area contributed by atoms with Crippen LogP contribution in [0.15, 0.2) is 12.2 Å². The summed E-state index contributed by atoms with van der Waals surface area (Å²) in [4.78, 5) is 20.2. The zero-order valence-electron chi connectivity index (χ0n) is 5.53. The minimum atomic E-state index is -1.16. The molecule has 0 aliphatic rings. The Morgan fingerprint density at radius 1 is 1.45 bits per heavy atom. The molecule has 1 N–H and O–H groups in total. The standard InChI is InChI=1S/C6H8O4.Na.H/c1-2-10-6(9)4-3-5(7)8;;/h3-4H,2H2,1H3,(H,7,8);;/b4-3-;;. The molecule has 5 heteroatoms. The van der Waals surface area contributed by atoms with E-state index in [0.29, 0.717) is 0 Å². The number of carbonyl (C=O) groups is 2. The third kappa shape index (κ3) is 9.68. The second-order valence-corrected chi connectivity index (χ2v) is 1.42. The van der Waals surface area contributed by atoms with Crippen molar-refractivity contribution in [2.24, 2.45) is 0 Å². The van der Waals surface area contributed by atoms with Crippen molar-refractivity contribution in [3.63, 3.8) is 0 Å². The van der Waals surface area contributed by atoms with Crippen LogP contribution in [0, 0.1) is 0 Å². The van der Waals surface area contributed by atoms with Gasteiger partial charge >= 0.3 is 41.5 Å².